The molecule has 6 nitrogen and oxygen atoms in total. The Bertz CT molecular complexity index is 491. The maximum atomic E-state index is 11.7. The Morgan fingerprint density at radius 3 is 2.71 bits per heavy atom. The second-order valence-electron chi connectivity index (χ2n) is 4.05. The van der Waals surface area contributed by atoms with Crippen LogP contribution in [0.15, 0.2) is 10.6 Å². The molecule has 0 saturated heterocycles. The summed E-state index contributed by atoms with van der Waals surface area (Å²) >= 11 is 0. The van der Waals surface area contributed by atoms with Gasteiger partial charge in [-0.15, -0.1) is 0 Å². The van der Waals surface area contributed by atoms with Crippen LogP contribution in [0.3, 0.4) is 0 Å². The van der Waals surface area contributed by atoms with Crippen LogP contribution < -0.4 is 0 Å². The monoisotopic (exact) mass is 261 g/mol. The highest BCUT2D eigenvalue weighted by molar-refractivity contribution is 7.90. The van der Waals surface area contributed by atoms with Gasteiger partial charge >= 0.3 is 5.97 Å². The maximum Gasteiger partial charge on any atom is 0.358 e. The number of carboxylic acid groups (broad SMARTS) is 1. The van der Waals surface area contributed by atoms with Gasteiger partial charge in [-0.1, -0.05) is 25.4 Å². The van der Waals surface area contributed by atoms with Gasteiger partial charge in [0.15, 0.2) is 21.3 Å². The zero-order valence-corrected chi connectivity index (χ0v) is 10.5. The topological polar surface area (TPSA) is 97.5 Å². The third-order valence-corrected chi connectivity index (χ3v) is 4.18. The lowest BCUT2D eigenvalue weighted by molar-refractivity contribution is 0.0685. The lowest BCUT2D eigenvalue weighted by Crippen LogP contribution is -2.15. The molecule has 0 aromatic carbocycles. The molecule has 0 radical (unpaired) electrons. The van der Waals surface area contributed by atoms with E-state index in [0.29, 0.717) is 0 Å². The Labute approximate surface area is 99.5 Å². The predicted molar refractivity (Wildman–Crippen MR) is 60.4 cm³/mol. The molecule has 1 atom stereocenters. The summed E-state index contributed by atoms with van der Waals surface area (Å²) in [5.41, 5.74) is -0.279. The Balaban J connectivity index is 2.73. The zero-order valence-electron chi connectivity index (χ0n) is 9.71. The fourth-order valence-electron chi connectivity index (χ4n) is 1.31. The van der Waals surface area contributed by atoms with Gasteiger partial charge in [0.05, 0.1) is 5.75 Å². The highest BCUT2D eigenvalue weighted by Crippen LogP contribution is 2.13. The molecule has 17 heavy (non-hydrogen) atoms. The molecule has 0 aliphatic rings. The van der Waals surface area contributed by atoms with Gasteiger partial charge in [-0.05, 0) is 5.92 Å². The molecule has 1 rings (SSSR count). The Kier molecular flexibility index (Phi) is 4.28. The standard InChI is InChI=1S/C10H15NO5S/c1-3-7(2)5-17(14,15)6-8-4-9(10(12)13)11-16-8/h4,7H,3,5-6H2,1-2H3,(H,12,13). The fraction of sp³-hybridized carbons (Fsp3) is 0.600. The lowest BCUT2D eigenvalue weighted by atomic mass is 10.2. The normalized spacial score (nSPS) is 13.5. The molecule has 7 heteroatoms. The van der Waals surface area contributed by atoms with Gasteiger partial charge in [0.1, 0.15) is 5.75 Å². The van der Waals surface area contributed by atoms with Gasteiger partial charge in [0, 0.05) is 6.07 Å². The van der Waals surface area contributed by atoms with Crippen LogP contribution in [0.4, 0.5) is 0 Å². The van der Waals surface area contributed by atoms with E-state index in [1.54, 1.807) is 0 Å². The predicted octanol–water partition coefficient (Wildman–Crippen LogP) is 1.33. The van der Waals surface area contributed by atoms with Crippen LogP contribution in [0, 0.1) is 5.92 Å². The summed E-state index contributed by atoms with van der Waals surface area (Å²) in [6, 6.07) is 1.14. The molecule has 0 saturated carbocycles. The first-order valence-corrected chi connectivity index (χ1v) is 7.05. The Hall–Kier alpha value is -1.37. The number of aromatic carboxylic acids is 1. The summed E-state index contributed by atoms with van der Waals surface area (Å²) in [6.45, 7) is 3.76. The highest BCUT2D eigenvalue weighted by Gasteiger charge is 2.20. The SMILES string of the molecule is CCC(C)CS(=O)(=O)Cc1cc(C(=O)O)no1. The summed E-state index contributed by atoms with van der Waals surface area (Å²) in [6.07, 6.45) is 0.774. The van der Waals surface area contributed by atoms with Crippen LogP contribution in [0.1, 0.15) is 36.5 Å². The van der Waals surface area contributed by atoms with Gasteiger partial charge in [0.25, 0.3) is 0 Å². The number of hydrogen-bond donors (Lipinski definition) is 1. The first-order chi connectivity index (χ1) is 7.84. The van der Waals surface area contributed by atoms with Crippen molar-refractivity contribution in [3.05, 3.63) is 17.5 Å². The number of hydrogen-bond acceptors (Lipinski definition) is 5. The quantitative estimate of drug-likeness (QED) is 0.829. The van der Waals surface area contributed by atoms with Crippen LogP contribution in [-0.2, 0) is 15.6 Å². The number of rotatable bonds is 6. The molecule has 1 aromatic heterocycles. The second kappa shape index (κ2) is 5.31. The Morgan fingerprint density at radius 2 is 2.24 bits per heavy atom. The largest absolute Gasteiger partial charge is 0.476 e. The highest BCUT2D eigenvalue weighted by atomic mass is 32.2. The van der Waals surface area contributed by atoms with Crippen LogP contribution in [0.25, 0.3) is 0 Å². The number of sulfone groups is 1. The van der Waals surface area contributed by atoms with Crippen molar-refractivity contribution in [3.8, 4) is 0 Å². The molecule has 1 N–H and O–H groups in total. The maximum absolute atomic E-state index is 11.7. The number of carbonyl (C=O) groups is 1. The summed E-state index contributed by atoms with van der Waals surface area (Å²) in [5, 5.41) is 11.9. The fourth-order valence-corrected chi connectivity index (χ4v) is 3.10. The first kappa shape index (κ1) is 13.7. The van der Waals surface area contributed by atoms with E-state index in [0.717, 1.165) is 12.5 Å². The van der Waals surface area contributed by atoms with E-state index in [9.17, 15) is 13.2 Å². The van der Waals surface area contributed by atoms with Crippen molar-refractivity contribution >= 4 is 15.8 Å². The van der Waals surface area contributed by atoms with Crippen molar-refractivity contribution in [1.82, 2.24) is 5.16 Å². The van der Waals surface area contributed by atoms with Gasteiger partial charge < -0.3 is 9.63 Å². The molecular formula is C10H15NO5S. The molecule has 0 spiro atoms. The van der Waals surface area contributed by atoms with Crippen LogP contribution >= 0.6 is 0 Å². The minimum Gasteiger partial charge on any atom is -0.476 e. The van der Waals surface area contributed by atoms with Crippen LogP contribution in [0.5, 0.6) is 0 Å². The van der Waals surface area contributed by atoms with E-state index in [4.69, 9.17) is 5.11 Å². The average Bonchev–Trinajstić information content (AvgIpc) is 2.64. The second-order valence-corrected chi connectivity index (χ2v) is 6.16. The summed E-state index contributed by atoms with van der Waals surface area (Å²) in [5.74, 6) is -1.35. The third-order valence-electron chi connectivity index (χ3n) is 2.38. The molecule has 1 aromatic rings. The van der Waals surface area contributed by atoms with Gasteiger partial charge in [-0.25, -0.2) is 13.2 Å². The van der Waals surface area contributed by atoms with Crippen molar-refractivity contribution in [3.63, 3.8) is 0 Å². The minimum atomic E-state index is -3.29. The molecule has 1 unspecified atom stereocenters. The number of aromatic nitrogens is 1. The zero-order chi connectivity index (χ0) is 13.1. The van der Waals surface area contributed by atoms with Crippen molar-refractivity contribution < 1.29 is 22.8 Å². The molecular weight excluding hydrogens is 246 g/mol. The van der Waals surface area contributed by atoms with E-state index in [2.05, 4.69) is 9.68 Å². The molecule has 1 heterocycles. The average molecular weight is 261 g/mol. The first-order valence-electron chi connectivity index (χ1n) is 5.23. The molecule has 0 bridgehead atoms. The molecule has 96 valence electrons. The van der Waals surface area contributed by atoms with E-state index in [1.165, 1.54) is 0 Å². The van der Waals surface area contributed by atoms with Gasteiger partial charge in [-0.2, -0.15) is 0 Å². The van der Waals surface area contributed by atoms with E-state index >= 15 is 0 Å². The van der Waals surface area contributed by atoms with Crippen LogP contribution in [0.2, 0.25) is 0 Å². The van der Waals surface area contributed by atoms with Crippen molar-refractivity contribution in [2.75, 3.05) is 5.75 Å². The summed E-state index contributed by atoms with van der Waals surface area (Å²) < 4.78 is 28.1. The van der Waals surface area contributed by atoms with E-state index < -0.39 is 15.8 Å². The van der Waals surface area contributed by atoms with Crippen molar-refractivity contribution in [2.24, 2.45) is 5.92 Å². The lowest BCUT2D eigenvalue weighted by Gasteiger charge is -2.07. The minimum absolute atomic E-state index is 0.0608. The van der Waals surface area contributed by atoms with Crippen molar-refractivity contribution in [1.29, 1.82) is 0 Å². The summed E-state index contributed by atoms with van der Waals surface area (Å²) in [7, 11) is -3.29. The van der Waals surface area contributed by atoms with Gasteiger partial charge in [0.2, 0.25) is 0 Å². The van der Waals surface area contributed by atoms with E-state index in [-0.39, 0.29) is 28.9 Å². The third kappa shape index (κ3) is 4.18. The number of nitrogens with zero attached hydrogens (tertiary/aromatic N) is 1. The van der Waals surface area contributed by atoms with Crippen LogP contribution in [-0.4, -0.2) is 30.4 Å². The Morgan fingerprint density at radius 1 is 1.59 bits per heavy atom. The molecule has 0 aliphatic heterocycles. The molecule has 0 aliphatic carbocycles. The summed E-state index contributed by atoms with van der Waals surface area (Å²) in [4.78, 5) is 10.5. The number of carboxylic acids is 1. The smallest absolute Gasteiger partial charge is 0.358 e. The molecule has 0 fully saturated rings. The molecule has 0 amide bonds. The van der Waals surface area contributed by atoms with Gasteiger partial charge in [-0.3, -0.25) is 0 Å². The van der Waals surface area contributed by atoms with Crippen molar-refractivity contribution in [2.45, 2.75) is 26.0 Å². The van der Waals surface area contributed by atoms with E-state index in [1.807, 2.05) is 13.8 Å².